The monoisotopic (exact) mass is 445 g/mol. The van der Waals surface area contributed by atoms with Crippen LogP contribution >= 0.6 is 11.6 Å². The van der Waals surface area contributed by atoms with E-state index in [1.165, 1.54) is 36.4 Å². The van der Waals surface area contributed by atoms with Crippen LogP contribution in [0.1, 0.15) is 27.1 Å². The van der Waals surface area contributed by atoms with E-state index in [1.807, 2.05) is 0 Å². The Labute approximate surface area is 180 Å². The van der Waals surface area contributed by atoms with Crippen LogP contribution in [0.15, 0.2) is 48.5 Å². The molecule has 31 heavy (non-hydrogen) atoms. The highest BCUT2D eigenvalue weighted by atomic mass is 35.5. The van der Waals surface area contributed by atoms with Crippen molar-refractivity contribution < 1.29 is 28.8 Å². The van der Waals surface area contributed by atoms with Crippen LogP contribution in [0.3, 0.4) is 0 Å². The highest BCUT2D eigenvalue weighted by Crippen LogP contribution is 2.20. The number of nitro groups is 1. The minimum absolute atomic E-state index is 0.112. The first-order valence-corrected chi connectivity index (χ1v) is 9.44. The number of benzene rings is 2. The molecule has 1 saturated heterocycles. The zero-order valence-corrected chi connectivity index (χ0v) is 16.7. The van der Waals surface area contributed by atoms with Crippen LogP contribution in [-0.4, -0.2) is 46.7 Å². The molecule has 0 aromatic heterocycles. The Morgan fingerprint density at radius 3 is 2.48 bits per heavy atom. The number of nitro benzene ring substituents is 1. The number of hydrogen-bond acceptors (Lipinski definition) is 7. The van der Waals surface area contributed by atoms with E-state index < -0.39 is 41.0 Å². The summed E-state index contributed by atoms with van der Waals surface area (Å²) in [6.45, 7) is -0.688. The van der Waals surface area contributed by atoms with Crippen molar-refractivity contribution in [1.82, 2.24) is 10.4 Å². The minimum atomic E-state index is -0.858. The van der Waals surface area contributed by atoms with Crippen LogP contribution in [0.2, 0.25) is 5.02 Å². The molecule has 160 valence electrons. The number of nitrogens with one attached hydrogen (secondary N) is 1. The molecule has 3 rings (SSSR count). The van der Waals surface area contributed by atoms with Gasteiger partial charge in [0.15, 0.2) is 12.4 Å². The van der Waals surface area contributed by atoms with Gasteiger partial charge in [-0.05, 0) is 24.3 Å². The molecule has 0 spiro atoms. The van der Waals surface area contributed by atoms with Crippen molar-refractivity contribution in [2.24, 2.45) is 5.92 Å². The number of hydrazine groups is 1. The number of ether oxygens (including phenoxy) is 1. The van der Waals surface area contributed by atoms with Crippen LogP contribution < -0.4 is 5.43 Å². The van der Waals surface area contributed by atoms with Gasteiger partial charge in [-0.3, -0.25) is 39.7 Å². The maximum atomic E-state index is 12.3. The summed E-state index contributed by atoms with van der Waals surface area (Å²) < 4.78 is 4.99. The molecule has 10 nitrogen and oxygen atoms in total. The second-order valence-corrected chi connectivity index (χ2v) is 7.07. The third kappa shape index (κ3) is 5.23. The Morgan fingerprint density at radius 1 is 1.16 bits per heavy atom. The molecule has 1 aliphatic rings. The minimum Gasteiger partial charge on any atom is -0.457 e. The SMILES string of the molecule is O=C(COC(=O)C1CC(=O)N(NC(=O)c2ccccc2Cl)C1)c1ccc([N+](=O)[O-])cc1. The summed E-state index contributed by atoms with van der Waals surface area (Å²) in [7, 11) is 0. The van der Waals surface area contributed by atoms with E-state index >= 15 is 0 Å². The van der Waals surface area contributed by atoms with E-state index in [9.17, 15) is 29.3 Å². The standard InChI is InChI=1S/C20H16ClN3O7/c21-16-4-2-1-3-15(16)19(27)22-23-10-13(9-18(23)26)20(28)31-11-17(25)12-5-7-14(8-6-12)24(29)30/h1-8,13H,9-11H2,(H,22,27). The Balaban J connectivity index is 1.53. The summed E-state index contributed by atoms with van der Waals surface area (Å²) in [5.41, 5.74) is 2.56. The van der Waals surface area contributed by atoms with E-state index in [4.69, 9.17) is 16.3 Å². The summed E-state index contributed by atoms with van der Waals surface area (Å²) in [4.78, 5) is 58.8. The Hall–Kier alpha value is -3.79. The average molecular weight is 446 g/mol. The molecule has 1 unspecified atom stereocenters. The van der Waals surface area contributed by atoms with Crippen molar-refractivity contribution in [2.45, 2.75) is 6.42 Å². The largest absolute Gasteiger partial charge is 0.457 e. The van der Waals surface area contributed by atoms with Crippen molar-refractivity contribution in [3.8, 4) is 0 Å². The zero-order chi connectivity index (χ0) is 22.5. The first kappa shape index (κ1) is 21.9. The Bertz CT molecular complexity index is 1050. The molecule has 0 aliphatic carbocycles. The molecule has 11 heteroatoms. The third-order valence-corrected chi connectivity index (χ3v) is 4.89. The summed E-state index contributed by atoms with van der Waals surface area (Å²) >= 11 is 5.96. The average Bonchev–Trinajstić information content (AvgIpc) is 3.12. The molecular weight excluding hydrogens is 430 g/mol. The molecular formula is C20H16ClN3O7. The number of halogens is 1. The van der Waals surface area contributed by atoms with Gasteiger partial charge in [-0.25, -0.2) is 0 Å². The maximum absolute atomic E-state index is 12.3. The van der Waals surface area contributed by atoms with Crippen LogP contribution in [-0.2, 0) is 14.3 Å². The van der Waals surface area contributed by atoms with Crippen LogP contribution in [0.25, 0.3) is 0 Å². The fraction of sp³-hybridized carbons (Fsp3) is 0.200. The van der Waals surface area contributed by atoms with Gasteiger partial charge in [-0.1, -0.05) is 23.7 Å². The molecule has 2 aromatic carbocycles. The van der Waals surface area contributed by atoms with E-state index in [-0.39, 0.29) is 34.8 Å². The van der Waals surface area contributed by atoms with Gasteiger partial charge >= 0.3 is 5.97 Å². The number of amides is 2. The first-order valence-electron chi connectivity index (χ1n) is 9.06. The van der Waals surface area contributed by atoms with Crippen molar-refractivity contribution in [2.75, 3.05) is 13.2 Å². The lowest BCUT2D eigenvalue weighted by molar-refractivity contribution is -0.384. The van der Waals surface area contributed by atoms with Crippen molar-refractivity contribution in [3.05, 3.63) is 74.8 Å². The van der Waals surface area contributed by atoms with E-state index in [2.05, 4.69) is 5.43 Å². The molecule has 1 aliphatic heterocycles. The molecule has 1 atom stereocenters. The number of nitrogens with zero attached hydrogens (tertiary/aromatic N) is 2. The lowest BCUT2D eigenvalue weighted by Crippen LogP contribution is -2.43. The lowest BCUT2D eigenvalue weighted by Gasteiger charge is -2.18. The second kappa shape index (κ2) is 9.35. The molecule has 0 bridgehead atoms. The summed E-state index contributed by atoms with van der Waals surface area (Å²) in [5.74, 6) is -3.25. The van der Waals surface area contributed by atoms with Crippen LogP contribution in [0, 0.1) is 16.0 Å². The highest BCUT2D eigenvalue weighted by molar-refractivity contribution is 6.33. The number of non-ortho nitro benzene ring substituents is 1. The van der Waals surface area contributed by atoms with Gasteiger partial charge < -0.3 is 4.74 Å². The van der Waals surface area contributed by atoms with Crippen LogP contribution in [0.5, 0.6) is 0 Å². The summed E-state index contributed by atoms with van der Waals surface area (Å²) in [6.07, 6.45) is -0.187. The predicted octanol–water partition coefficient (Wildman–Crippen LogP) is 2.17. The maximum Gasteiger partial charge on any atom is 0.311 e. The normalized spacial score (nSPS) is 15.5. The number of carbonyl (C=O) groups is 4. The van der Waals surface area contributed by atoms with Crippen molar-refractivity contribution in [1.29, 1.82) is 0 Å². The predicted molar refractivity (Wildman–Crippen MR) is 107 cm³/mol. The van der Waals surface area contributed by atoms with Gasteiger partial charge in [0, 0.05) is 24.1 Å². The smallest absolute Gasteiger partial charge is 0.311 e. The van der Waals surface area contributed by atoms with E-state index in [0.29, 0.717) is 0 Å². The third-order valence-electron chi connectivity index (χ3n) is 4.56. The van der Waals surface area contributed by atoms with Gasteiger partial charge in [0.1, 0.15) is 0 Å². The van der Waals surface area contributed by atoms with E-state index in [1.54, 1.807) is 12.1 Å². The van der Waals surface area contributed by atoms with Gasteiger partial charge in [0.25, 0.3) is 11.6 Å². The number of Topliss-reactive ketones (excluding diaryl/α,β-unsaturated/α-hetero) is 1. The molecule has 0 saturated carbocycles. The van der Waals surface area contributed by atoms with Crippen molar-refractivity contribution >= 4 is 40.9 Å². The molecule has 2 aromatic rings. The van der Waals surface area contributed by atoms with Crippen molar-refractivity contribution in [3.63, 3.8) is 0 Å². The quantitative estimate of drug-likeness (QED) is 0.298. The number of carbonyl (C=O) groups excluding carboxylic acids is 4. The van der Waals surface area contributed by atoms with Crippen LogP contribution in [0.4, 0.5) is 5.69 Å². The lowest BCUT2D eigenvalue weighted by atomic mass is 10.1. The van der Waals surface area contributed by atoms with Gasteiger partial charge in [0.05, 0.1) is 28.0 Å². The van der Waals surface area contributed by atoms with E-state index in [0.717, 1.165) is 5.01 Å². The fourth-order valence-electron chi connectivity index (χ4n) is 2.91. The topological polar surface area (TPSA) is 136 Å². The Kier molecular flexibility index (Phi) is 6.61. The highest BCUT2D eigenvalue weighted by Gasteiger charge is 2.37. The molecule has 1 heterocycles. The Morgan fingerprint density at radius 2 is 1.84 bits per heavy atom. The number of ketones is 1. The summed E-state index contributed by atoms with van der Waals surface area (Å²) in [5, 5.41) is 11.9. The number of rotatable bonds is 7. The number of hydrogen-bond donors (Lipinski definition) is 1. The summed E-state index contributed by atoms with van der Waals surface area (Å²) in [6, 6.07) is 11.2. The van der Waals surface area contributed by atoms with Gasteiger partial charge in [0.2, 0.25) is 5.91 Å². The zero-order valence-electron chi connectivity index (χ0n) is 15.9. The molecule has 1 N–H and O–H groups in total. The van der Waals surface area contributed by atoms with Gasteiger partial charge in [-0.15, -0.1) is 0 Å². The molecule has 2 amide bonds. The molecule has 0 radical (unpaired) electrons. The second-order valence-electron chi connectivity index (χ2n) is 6.66. The first-order chi connectivity index (χ1) is 14.8. The van der Waals surface area contributed by atoms with Gasteiger partial charge in [-0.2, -0.15) is 0 Å². The fourth-order valence-corrected chi connectivity index (χ4v) is 3.13. The number of esters is 1. The molecule has 1 fully saturated rings.